The van der Waals surface area contributed by atoms with Gasteiger partial charge in [-0.3, -0.25) is 9.69 Å². The van der Waals surface area contributed by atoms with Gasteiger partial charge in [0.25, 0.3) is 0 Å². The fourth-order valence-electron chi connectivity index (χ4n) is 5.51. The van der Waals surface area contributed by atoms with Gasteiger partial charge in [-0.15, -0.1) is 0 Å². The third-order valence-electron chi connectivity index (χ3n) is 6.06. The Balaban J connectivity index is 1.90. The number of rotatable bonds is 0. The number of Topliss-reactive ketones (excluding diaryl/α,β-unsaturated/α-hetero) is 1. The molecule has 3 nitrogen and oxygen atoms in total. The molecular weight excluding hydrogens is 238 g/mol. The first-order valence-corrected chi connectivity index (χ1v) is 7.82. The van der Waals surface area contributed by atoms with Crippen molar-refractivity contribution in [1.29, 1.82) is 0 Å². The monoisotopic (exact) mass is 261 g/mol. The Labute approximate surface area is 114 Å². The van der Waals surface area contributed by atoms with E-state index < -0.39 is 6.10 Å². The summed E-state index contributed by atoms with van der Waals surface area (Å²) in [7, 11) is 0. The van der Waals surface area contributed by atoms with Gasteiger partial charge in [0.2, 0.25) is 0 Å². The Bertz CT molecular complexity index is 458. The largest absolute Gasteiger partial charge is 0.385 e. The zero-order valence-corrected chi connectivity index (χ0v) is 11.6. The van der Waals surface area contributed by atoms with Crippen LogP contribution < -0.4 is 0 Å². The van der Waals surface area contributed by atoms with Crippen molar-refractivity contribution in [1.82, 2.24) is 4.90 Å². The summed E-state index contributed by atoms with van der Waals surface area (Å²) in [6, 6.07) is 0. The summed E-state index contributed by atoms with van der Waals surface area (Å²) in [6.45, 7) is 4.53. The maximum Gasteiger partial charge on any atom is 0.167 e. The maximum atomic E-state index is 12.6. The van der Waals surface area contributed by atoms with E-state index in [0.717, 1.165) is 45.2 Å². The van der Waals surface area contributed by atoms with E-state index in [9.17, 15) is 9.90 Å². The summed E-state index contributed by atoms with van der Waals surface area (Å²) in [5.74, 6) is 0.918. The van der Waals surface area contributed by atoms with Gasteiger partial charge in [0.05, 0.1) is 5.54 Å². The predicted octanol–water partition coefficient (Wildman–Crippen LogP) is 1.76. The summed E-state index contributed by atoms with van der Waals surface area (Å²) in [6.07, 6.45) is 6.92. The van der Waals surface area contributed by atoms with Crippen molar-refractivity contribution in [2.24, 2.45) is 17.8 Å². The molecule has 19 heavy (non-hydrogen) atoms. The summed E-state index contributed by atoms with van der Waals surface area (Å²) in [5, 5.41) is 10.4. The quantitative estimate of drug-likeness (QED) is 0.675. The Hall–Kier alpha value is -0.670. The van der Waals surface area contributed by atoms with Gasteiger partial charge in [0, 0.05) is 18.4 Å². The van der Waals surface area contributed by atoms with Crippen molar-refractivity contribution in [2.75, 3.05) is 13.1 Å². The van der Waals surface area contributed by atoms with E-state index in [1.165, 1.54) is 5.57 Å². The third kappa shape index (κ3) is 1.38. The normalized spacial score (nSPS) is 49.6. The molecule has 0 aromatic heterocycles. The Morgan fingerprint density at radius 1 is 1.42 bits per heavy atom. The third-order valence-corrected chi connectivity index (χ3v) is 6.06. The Morgan fingerprint density at radius 2 is 2.26 bits per heavy atom. The molecule has 5 atom stereocenters. The van der Waals surface area contributed by atoms with Crippen LogP contribution in [-0.2, 0) is 4.79 Å². The van der Waals surface area contributed by atoms with Crippen LogP contribution in [0.4, 0.5) is 0 Å². The topological polar surface area (TPSA) is 40.5 Å². The van der Waals surface area contributed by atoms with Crippen molar-refractivity contribution >= 4 is 5.78 Å². The van der Waals surface area contributed by atoms with E-state index in [1.807, 2.05) is 0 Å². The van der Waals surface area contributed by atoms with E-state index in [2.05, 4.69) is 17.9 Å². The SMILES string of the molecule is C[C@@H]1C[C@H]2C3=CCCN4CCC[C@H](C(=O)[C@H]2O)[C@@]34C1. The minimum Gasteiger partial charge on any atom is -0.385 e. The molecule has 3 fully saturated rings. The molecule has 2 heterocycles. The molecule has 0 amide bonds. The number of ketones is 1. The summed E-state index contributed by atoms with van der Waals surface area (Å²) in [5.41, 5.74) is 1.42. The van der Waals surface area contributed by atoms with Crippen LogP contribution in [0.15, 0.2) is 11.6 Å². The standard InChI is InChI=1S/C16H23NO2/c1-10-8-11-12-4-2-6-17-7-3-5-13(15(19)14(11)18)16(12,17)9-10/h4,10-11,13-14,18H,2-3,5-9H2,1H3/t10-,11+,13-,14+,16-/m1/s1. The van der Waals surface area contributed by atoms with Crippen LogP contribution in [0.3, 0.4) is 0 Å². The Kier molecular flexibility index (Phi) is 2.50. The van der Waals surface area contributed by atoms with E-state index in [1.54, 1.807) is 0 Å². The first-order chi connectivity index (χ1) is 9.14. The number of aliphatic hydroxyl groups is 1. The molecule has 2 aliphatic heterocycles. The number of hydrogen-bond donors (Lipinski definition) is 1. The molecule has 0 unspecified atom stereocenters. The van der Waals surface area contributed by atoms with Gasteiger partial charge in [0.15, 0.2) is 5.78 Å². The highest BCUT2D eigenvalue weighted by atomic mass is 16.3. The lowest BCUT2D eigenvalue weighted by Crippen LogP contribution is -2.70. The molecule has 3 heteroatoms. The van der Waals surface area contributed by atoms with Gasteiger partial charge >= 0.3 is 0 Å². The zero-order valence-electron chi connectivity index (χ0n) is 11.6. The van der Waals surface area contributed by atoms with Crippen molar-refractivity contribution in [2.45, 2.75) is 50.7 Å². The van der Waals surface area contributed by atoms with Crippen LogP contribution in [0.5, 0.6) is 0 Å². The number of nitrogens with zero attached hydrogens (tertiary/aromatic N) is 1. The number of hydrogen-bond acceptors (Lipinski definition) is 3. The van der Waals surface area contributed by atoms with Gasteiger partial charge in [-0.1, -0.05) is 13.0 Å². The molecular formula is C16H23NO2. The molecule has 2 saturated carbocycles. The highest BCUT2D eigenvalue weighted by Gasteiger charge is 2.62. The van der Waals surface area contributed by atoms with Gasteiger partial charge in [-0.2, -0.15) is 0 Å². The Morgan fingerprint density at radius 3 is 3.11 bits per heavy atom. The second kappa shape index (κ2) is 3.92. The van der Waals surface area contributed by atoms with Crippen molar-refractivity contribution in [3.05, 3.63) is 11.6 Å². The van der Waals surface area contributed by atoms with Crippen molar-refractivity contribution < 1.29 is 9.90 Å². The average Bonchev–Trinajstić information content (AvgIpc) is 2.40. The summed E-state index contributed by atoms with van der Waals surface area (Å²) < 4.78 is 0. The summed E-state index contributed by atoms with van der Waals surface area (Å²) >= 11 is 0. The van der Waals surface area contributed by atoms with Gasteiger partial charge in [-0.25, -0.2) is 0 Å². The van der Waals surface area contributed by atoms with Crippen molar-refractivity contribution in [3.63, 3.8) is 0 Å². The minimum absolute atomic E-state index is 0.00481. The van der Waals surface area contributed by atoms with Crippen molar-refractivity contribution in [3.8, 4) is 0 Å². The van der Waals surface area contributed by atoms with Crippen LogP contribution in [0, 0.1) is 17.8 Å². The van der Waals surface area contributed by atoms with Gasteiger partial charge < -0.3 is 5.11 Å². The molecule has 0 aromatic carbocycles. The van der Waals surface area contributed by atoms with E-state index in [-0.39, 0.29) is 23.2 Å². The molecule has 0 radical (unpaired) electrons. The molecule has 4 aliphatic rings. The number of carbonyl (C=O) groups is 1. The first kappa shape index (κ1) is 12.1. The zero-order chi connectivity index (χ0) is 13.2. The minimum atomic E-state index is -0.731. The summed E-state index contributed by atoms with van der Waals surface area (Å²) in [4.78, 5) is 15.2. The molecule has 2 aliphatic carbocycles. The van der Waals surface area contributed by atoms with Crippen LogP contribution in [0.2, 0.25) is 0 Å². The lowest BCUT2D eigenvalue weighted by Gasteiger charge is -2.63. The van der Waals surface area contributed by atoms with Gasteiger partial charge in [0.1, 0.15) is 6.10 Å². The van der Waals surface area contributed by atoms with Crippen LogP contribution >= 0.6 is 0 Å². The fourth-order valence-corrected chi connectivity index (χ4v) is 5.51. The average molecular weight is 261 g/mol. The lowest BCUT2D eigenvalue weighted by molar-refractivity contribution is -0.154. The van der Waals surface area contributed by atoms with E-state index >= 15 is 0 Å². The molecule has 1 saturated heterocycles. The predicted molar refractivity (Wildman–Crippen MR) is 72.6 cm³/mol. The maximum absolute atomic E-state index is 12.6. The number of piperidine rings is 1. The first-order valence-electron chi connectivity index (χ1n) is 7.82. The van der Waals surface area contributed by atoms with Gasteiger partial charge in [-0.05, 0) is 50.1 Å². The molecule has 2 bridgehead atoms. The van der Waals surface area contributed by atoms with Crippen LogP contribution in [-0.4, -0.2) is 40.5 Å². The molecule has 1 N–H and O–H groups in total. The number of carbonyl (C=O) groups excluding carboxylic acids is 1. The molecule has 1 spiro atoms. The molecule has 0 aromatic rings. The van der Waals surface area contributed by atoms with E-state index in [0.29, 0.717) is 5.92 Å². The highest BCUT2D eigenvalue weighted by molar-refractivity contribution is 5.90. The fraction of sp³-hybridized carbons (Fsp3) is 0.812. The number of aliphatic hydroxyl groups excluding tert-OH is 1. The lowest BCUT2D eigenvalue weighted by atomic mass is 9.51. The molecule has 4 rings (SSSR count). The molecule has 104 valence electrons. The second-order valence-electron chi connectivity index (χ2n) is 7.05. The van der Waals surface area contributed by atoms with Crippen LogP contribution in [0.1, 0.15) is 39.0 Å². The second-order valence-corrected chi connectivity index (χ2v) is 7.05. The van der Waals surface area contributed by atoms with Crippen LogP contribution in [0.25, 0.3) is 0 Å². The van der Waals surface area contributed by atoms with E-state index in [4.69, 9.17) is 0 Å². The highest BCUT2D eigenvalue weighted by Crippen LogP contribution is 2.57. The smallest absolute Gasteiger partial charge is 0.167 e.